The molecule has 1 aromatic carbocycles. The summed E-state index contributed by atoms with van der Waals surface area (Å²) in [5.74, 6) is 2.68. The highest BCUT2D eigenvalue weighted by molar-refractivity contribution is 7.86. The Morgan fingerprint density at radius 3 is 2.29 bits per heavy atom. The van der Waals surface area contributed by atoms with Gasteiger partial charge in [-0.2, -0.15) is 8.42 Å². The van der Waals surface area contributed by atoms with Gasteiger partial charge in [-0.25, -0.2) is 0 Å². The van der Waals surface area contributed by atoms with E-state index in [-0.39, 0.29) is 33.2 Å². The summed E-state index contributed by atoms with van der Waals surface area (Å²) in [4.78, 5) is 12.7. The van der Waals surface area contributed by atoms with E-state index in [1.807, 2.05) is 19.1 Å². The maximum atomic E-state index is 13.0. The van der Waals surface area contributed by atoms with Crippen molar-refractivity contribution >= 4 is 15.9 Å². The SMILES string of the molecule is CC(=O)[C@@H]1CC[C@@H]2[C@H]3CC[C@@]4(C)C[C@@H](OS(=O)(=O)c5ccc(C)cc5)CC[C@]4(C)[C@@H]3CC[C@]21C. The molecule has 0 radical (unpaired) electrons. The van der Waals surface area contributed by atoms with Gasteiger partial charge in [-0.05, 0) is 118 Å². The molecule has 0 amide bonds. The fraction of sp³-hybridized carbons (Fsp3) is 0.759. The van der Waals surface area contributed by atoms with E-state index < -0.39 is 10.1 Å². The van der Waals surface area contributed by atoms with Gasteiger partial charge in [-0.1, -0.05) is 38.5 Å². The highest BCUT2D eigenvalue weighted by Gasteiger charge is 2.64. The molecule has 0 bridgehead atoms. The molecular weight excluding hydrogens is 444 g/mol. The molecule has 0 saturated heterocycles. The van der Waals surface area contributed by atoms with Crippen LogP contribution in [0.5, 0.6) is 0 Å². The standard InChI is InChI=1S/C29H42O4S/c1-19-6-8-22(9-7-19)34(31,32)33-21-12-17-29(5)26-14-16-28(4)24(20(2)30)10-11-25(28)23(26)13-15-27(29,3)18-21/h6-9,21,23-26H,10-18H2,1-5H3/t21-,23+,24-,25+,26+,27-,28-,29+/m0/s1. The Balaban J connectivity index is 1.34. The molecule has 0 N–H and O–H groups in total. The van der Waals surface area contributed by atoms with Gasteiger partial charge in [0.2, 0.25) is 0 Å². The second kappa shape index (κ2) is 8.16. The van der Waals surface area contributed by atoms with Gasteiger partial charge in [-0.15, -0.1) is 0 Å². The van der Waals surface area contributed by atoms with Crippen LogP contribution in [-0.2, 0) is 19.1 Å². The molecule has 0 spiro atoms. The molecule has 1 aromatic rings. The van der Waals surface area contributed by atoms with Crippen LogP contribution in [-0.4, -0.2) is 20.3 Å². The van der Waals surface area contributed by atoms with Gasteiger partial charge >= 0.3 is 0 Å². The molecule has 8 atom stereocenters. The van der Waals surface area contributed by atoms with E-state index in [4.69, 9.17) is 4.18 Å². The second-order valence-electron chi connectivity index (χ2n) is 12.9. The number of aryl methyl sites for hydroxylation is 1. The maximum absolute atomic E-state index is 13.0. The van der Waals surface area contributed by atoms with Gasteiger partial charge in [0, 0.05) is 5.92 Å². The van der Waals surface area contributed by atoms with Crippen molar-refractivity contribution in [2.24, 2.45) is 39.9 Å². The van der Waals surface area contributed by atoms with Crippen molar-refractivity contribution in [2.45, 2.75) is 103 Å². The number of hydrogen-bond acceptors (Lipinski definition) is 4. The Hall–Kier alpha value is -1.20. The number of carbonyl (C=O) groups excluding carboxylic acids is 1. The van der Waals surface area contributed by atoms with Crippen LogP contribution in [0.1, 0.15) is 91.0 Å². The minimum atomic E-state index is -3.75. The lowest BCUT2D eigenvalue weighted by Crippen LogP contribution is -2.58. The molecule has 34 heavy (non-hydrogen) atoms. The first-order valence-corrected chi connectivity index (χ1v) is 14.8. The van der Waals surface area contributed by atoms with Crippen LogP contribution >= 0.6 is 0 Å². The van der Waals surface area contributed by atoms with E-state index in [1.165, 1.54) is 19.3 Å². The molecule has 0 aliphatic heterocycles. The van der Waals surface area contributed by atoms with Gasteiger partial charge in [0.15, 0.2) is 0 Å². The van der Waals surface area contributed by atoms with Crippen LogP contribution in [0.2, 0.25) is 0 Å². The average molecular weight is 487 g/mol. The molecule has 4 aliphatic carbocycles. The van der Waals surface area contributed by atoms with Crippen molar-refractivity contribution in [2.75, 3.05) is 0 Å². The predicted molar refractivity (Wildman–Crippen MR) is 134 cm³/mol. The van der Waals surface area contributed by atoms with E-state index in [9.17, 15) is 13.2 Å². The topological polar surface area (TPSA) is 60.4 Å². The summed E-state index contributed by atoms with van der Waals surface area (Å²) in [7, 11) is -3.75. The first-order valence-electron chi connectivity index (χ1n) is 13.4. The minimum absolute atomic E-state index is 0.0895. The van der Waals surface area contributed by atoms with E-state index >= 15 is 0 Å². The van der Waals surface area contributed by atoms with E-state index in [1.54, 1.807) is 19.1 Å². The Bertz CT molecular complexity index is 1060. The summed E-state index contributed by atoms with van der Waals surface area (Å²) in [5.41, 5.74) is 1.52. The first kappa shape index (κ1) is 24.5. The zero-order chi connectivity index (χ0) is 24.5. The Kier molecular flexibility index (Phi) is 5.88. The third-order valence-electron chi connectivity index (χ3n) is 11.4. The smallest absolute Gasteiger partial charge is 0.297 e. The monoisotopic (exact) mass is 486 g/mol. The van der Waals surface area contributed by atoms with Crippen LogP contribution in [0.25, 0.3) is 0 Å². The lowest BCUT2D eigenvalue weighted by molar-refractivity contribution is -0.168. The molecule has 0 unspecified atom stereocenters. The van der Waals surface area contributed by atoms with Crippen LogP contribution in [0, 0.1) is 46.8 Å². The van der Waals surface area contributed by atoms with Gasteiger partial charge in [-0.3, -0.25) is 8.98 Å². The average Bonchev–Trinajstić information content (AvgIpc) is 3.12. The van der Waals surface area contributed by atoms with Gasteiger partial charge in [0.25, 0.3) is 10.1 Å². The molecule has 5 rings (SSSR count). The number of ketones is 1. The molecule has 4 nitrogen and oxygen atoms in total. The van der Waals surface area contributed by atoms with E-state index in [0.717, 1.165) is 44.1 Å². The van der Waals surface area contributed by atoms with E-state index in [0.29, 0.717) is 23.5 Å². The van der Waals surface area contributed by atoms with Crippen molar-refractivity contribution in [3.05, 3.63) is 29.8 Å². The zero-order valence-electron chi connectivity index (χ0n) is 21.6. The van der Waals surface area contributed by atoms with Crippen molar-refractivity contribution in [3.8, 4) is 0 Å². The lowest BCUT2D eigenvalue weighted by atomic mass is 9.40. The number of Topliss-reactive ketones (excluding diaryl/α,β-unsaturated/α-hetero) is 1. The summed E-state index contributed by atoms with van der Waals surface area (Å²) in [6.45, 7) is 11.1. The molecule has 4 fully saturated rings. The highest BCUT2D eigenvalue weighted by Crippen LogP contribution is 2.70. The van der Waals surface area contributed by atoms with Crippen LogP contribution < -0.4 is 0 Å². The molecular formula is C29H42O4S. The molecule has 0 heterocycles. The van der Waals surface area contributed by atoms with Crippen LogP contribution in [0.15, 0.2) is 29.2 Å². The Morgan fingerprint density at radius 1 is 0.912 bits per heavy atom. The second-order valence-corrected chi connectivity index (χ2v) is 14.5. The maximum Gasteiger partial charge on any atom is 0.297 e. The third kappa shape index (κ3) is 3.63. The van der Waals surface area contributed by atoms with Gasteiger partial charge < -0.3 is 0 Å². The van der Waals surface area contributed by atoms with Crippen molar-refractivity contribution in [1.29, 1.82) is 0 Å². The largest absolute Gasteiger partial charge is 0.300 e. The predicted octanol–water partition coefficient (Wildman–Crippen LogP) is 6.71. The Morgan fingerprint density at radius 2 is 1.62 bits per heavy atom. The first-order chi connectivity index (χ1) is 15.9. The van der Waals surface area contributed by atoms with Gasteiger partial charge in [0.1, 0.15) is 5.78 Å². The summed E-state index contributed by atoms with van der Waals surface area (Å²) >= 11 is 0. The Labute approximate surface area is 206 Å². The number of benzene rings is 1. The fourth-order valence-corrected chi connectivity index (χ4v) is 10.4. The van der Waals surface area contributed by atoms with Crippen molar-refractivity contribution in [1.82, 2.24) is 0 Å². The van der Waals surface area contributed by atoms with Crippen LogP contribution in [0.4, 0.5) is 0 Å². The lowest BCUT2D eigenvalue weighted by Gasteiger charge is -2.65. The van der Waals surface area contributed by atoms with Crippen molar-refractivity contribution < 1.29 is 17.4 Å². The molecule has 4 saturated carbocycles. The number of carbonyl (C=O) groups is 1. The summed E-state index contributed by atoms with van der Waals surface area (Å²) < 4.78 is 31.8. The quantitative estimate of drug-likeness (QED) is 0.444. The number of hydrogen-bond donors (Lipinski definition) is 0. The van der Waals surface area contributed by atoms with Crippen molar-refractivity contribution in [3.63, 3.8) is 0 Å². The summed E-state index contributed by atoms with van der Waals surface area (Å²) in [6, 6.07) is 6.96. The summed E-state index contributed by atoms with van der Waals surface area (Å²) in [5, 5.41) is 0. The highest BCUT2D eigenvalue weighted by atomic mass is 32.2. The van der Waals surface area contributed by atoms with E-state index in [2.05, 4.69) is 20.8 Å². The number of fused-ring (bicyclic) bond motifs is 5. The molecule has 4 aliphatic rings. The molecule has 5 heteroatoms. The normalized spacial score (nSPS) is 44.1. The number of rotatable bonds is 4. The fourth-order valence-electron chi connectivity index (χ4n) is 9.28. The zero-order valence-corrected chi connectivity index (χ0v) is 22.4. The molecule has 188 valence electrons. The van der Waals surface area contributed by atoms with Crippen LogP contribution in [0.3, 0.4) is 0 Å². The van der Waals surface area contributed by atoms with Gasteiger partial charge in [0.05, 0.1) is 11.0 Å². The third-order valence-corrected chi connectivity index (χ3v) is 12.8. The minimum Gasteiger partial charge on any atom is -0.300 e. The molecule has 0 aromatic heterocycles. The summed E-state index contributed by atoms with van der Waals surface area (Å²) in [6.07, 6.45) is 9.38.